The first-order valence-electron chi connectivity index (χ1n) is 7.67. The van der Waals surface area contributed by atoms with E-state index in [1.807, 2.05) is 36.4 Å². The van der Waals surface area contributed by atoms with Gasteiger partial charge in [0, 0.05) is 22.8 Å². The average Bonchev–Trinajstić information content (AvgIpc) is 3.04. The second-order valence-electron chi connectivity index (χ2n) is 5.50. The second-order valence-corrected chi connectivity index (χ2v) is 5.50. The van der Waals surface area contributed by atoms with Crippen molar-refractivity contribution in [3.8, 4) is 0 Å². The fourth-order valence-corrected chi connectivity index (χ4v) is 2.46. The van der Waals surface area contributed by atoms with Crippen molar-refractivity contribution in [1.29, 1.82) is 5.41 Å². The van der Waals surface area contributed by atoms with Gasteiger partial charge in [0.2, 0.25) is 5.96 Å². The lowest BCUT2D eigenvalue weighted by Gasteiger charge is -2.06. The van der Waals surface area contributed by atoms with Gasteiger partial charge in [-0.1, -0.05) is 30.3 Å². The van der Waals surface area contributed by atoms with Gasteiger partial charge < -0.3 is 16.0 Å². The Hall–Kier alpha value is -3.61. The summed E-state index contributed by atoms with van der Waals surface area (Å²) in [4.78, 5) is 15.6. The molecule has 3 rings (SSSR count). The molecule has 25 heavy (non-hydrogen) atoms. The molecule has 7 nitrogen and oxygen atoms in total. The molecule has 0 radical (unpaired) electrons. The lowest BCUT2D eigenvalue weighted by atomic mass is 10.1. The molecular weight excluding hydrogens is 316 g/mol. The maximum absolute atomic E-state index is 12.5. The number of rotatable bonds is 4. The van der Waals surface area contributed by atoms with E-state index in [-0.39, 0.29) is 11.9 Å². The van der Waals surface area contributed by atoms with Crippen LogP contribution in [0.5, 0.6) is 0 Å². The van der Waals surface area contributed by atoms with Crippen molar-refractivity contribution >= 4 is 34.2 Å². The third kappa shape index (κ3) is 3.66. The summed E-state index contributed by atoms with van der Waals surface area (Å²) in [6.07, 6.45) is 1.71. The number of aromatic amines is 1. The topological polar surface area (TPSA) is 119 Å². The molecule has 0 saturated carbocycles. The van der Waals surface area contributed by atoms with Crippen molar-refractivity contribution in [3.05, 3.63) is 65.9 Å². The van der Waals surface area contributed by atoms with Gasteiger partial charge in [-0.05, 0) is 30.7 Å². The van der Waals surface area contributed by atoms with Crippen molar-refractivity contribution < 1.29 is 4.79 Å². The van der Waals surface area contributed by atoms with Crippen LogP contribution in [0.4, 0.5) is 5.69 Å². The van der Waals surface area contributed by atoms with Gasteiger partial charge >= 0.3 is 0 Å². The minimum absolute atomic E-state index is 0.172. The van der Waals surface area contributed by atoms with Crippen LogP contribution in [0.15, 0.2) is 59.8 Å². The Morgan fingerprint density at radius 2 is 1.88 bits per heavy atom. The van der Waals surface area contributed by atoms with Crippen LogP contribution in [0.3, 0.4) is 0 Å². The Kier molecular flexibility index (Phi) is 4.47. The molecule has 0 aliphatic carbocycles. The van der Waals surface area contributed by atoms with E-state index >= 15 is 0 Å². The number of carbonyl (C=O) groups excluding carboxylic acids is 1. The van der Waals surface area contributed by atoms with E-state index in [0.717, 1.165) is 16.5 Å². The maximum Gasteiger partial charge on any atom is 0.257 e. The first-order chi connectivity index (χ1) is 12.0. The maximum atomic E-state index is 12.5. The number of benzene rings is 2. The van der Waals surface area contributed by atoms with Gasteiger partial charge in [-0.2, -0.15) is 5.10 Å². The number of guanidine groups is 1. The zero-order chi connectivity index (χ0) is 17.8. The van der Waals surface area contributed by atoms with Crippen LogP contribution in [-0.2, 0) is 0 Å². The summed E-state index contributed by atoms with van der Waals surface area (Å²) in [5.74, 6) is -0.393. The van der Waals surface area contributed by atoms with Crippen molar-refractivity contribution in [1.82, 2.24) is 10.4 Å². The van der Waals surface area contributed by atoms with Crippen LogP contribution >= 0.6 is 0 Å². The van der Waals surface area contributed by atoms with Gasteiger partial charge in [0.25, 0.3) is 5.91 Å². The molecule has 0 spiro atoms. The monoisotopic (exact) mass is 334 g/mol. The number of aromatic nitrogens is 1. The highest BCUT2D eigenvalue weighted by molar-refractivity contribution is 6.12. The second kappa shape index (κ2) is 6.88. The number of fused-ring (bicyclic) bond motifs is 1. The van der Waals surface area contributed by atoms with Gasteiger partial charge in [-0.15, -0.1) is 0 Å². The average molecular weight is 334 g/mol. The summed E-state index contributed by atoms with van der Waals surface area (Å²) in [6.45, 7) is 1.80. The van der Waals surface area contributed by atoms with Crippen LogP contribution in [0, 0.1) is 5.41 Å². The van der Waals surface area contributed by atoms with Crippen LogP contribution in [0.25, 0.3) is 10.9 Å². The summed E-state index contributed by atoms with van der Waals surface area (Å²) in [7, 11) is 0. The number of anilines is 1. The summed E-state index contributed by atoms with van der Waals surface area (Å²) >= 11 is 0. The van der Waals surface area contributed by atoms with E-state index in [9.17, 15) is 4.79 Å². The predicted molar refractivity (Wildman–Crippen MR) is 100.0 cm³/mol. The molecule has 0 atom stereocenters. The normalized spacial score (nSPS) is 11.3. The number of hydrazone groups is 1. The highest BCUT2D eigenvalue weighted by Gasteiger charge is 2.11. The summed E-state index contributed by atoms with van der Waals surface area (Å²) in [6, 6.07) is 14.9. The number of H-pyrrole nitrogens is 1. The van der Waals surface area contributed by atoms with E-state index in [1.165, 1.54) is 0 Å². The van der Waals surface area contributed by atoms with Crippen LogP contribution < -0.4 is 16.5 Å². The quantitative estimate of drug-likeness (QED) is 0.286. The highest BCUT2D eigenvalue weighted by Crippen LogP contribution is 2.19. The van der Waals surface area contributed by atoms with Crippen molar-refractivity contribution in [2.75, 3.05) is 5.32 Å². The van der Waals surface area contributed by atoms with E-state index in [4.69, 9.17) is 11.1 Å². The molecule has 0 saturated heterocycles. The molecule has 6 N–H and O–H groups in total. The predicted octanol–water partition coefficient (Wildman–Crippen LogP) is 2.63. The Bertz CT molecular complexity index is 955. The van der Waals surface area contributed by atoms with E-state index in [1.54, 1.807) is 25.3 Å². The minimum Gasteiger partial charge on any atom is -0.369 e. The number of amides is 1. The highest BCUT2D eigenvalue weighted by atomic mass is 16.1. The number of carbonyl (C=O) groups is 1. The molecule has 1 heterocycles. The minimum atomic E-state index is -0.220. The standard InChI is InChI=1S/C18H18N6O/c1-11(23-24-18(19)20)12-6-8-13(9-7-12)22-17(25)15-10-21-16-5-3-2-4-14(15)16/h2-10,21H,1H3,(H,22,25)(H4,19,20,24)/b23-11+. The van der Waals surface area contributed by atoms with Gasteiger partial charge in [-0.25, -0.2) is 5.43 Å². The molecule has 126 valence electrons. The SMILES string of the molecule is C/C(=N\NC(=N)N)c1ccc(NC(=O)c2c[nH]c3ccccc23)cc1. The number of nitrogens with zero attached hydrogens (tertiary/aromatic N) is 1. The third-order valence-corrected chi connectivity index (χ3v) is 3.74. The lowest BCUT2D eigenvalue weighted by molar-refractivity contribution is 0.102. The Labute approximate surface area is 144 Å². The number of hydrogen-bond donors (Lipinski definition) is 5. The van der Waals surface area contributed by atoms with Gasteiger partial charge in [-0.3, -0.25) is 10.2 Å². The third-order valence-electron chi connectivity index (χ3n) is 3.74. The molecule has 0 fully saturated rings. The fraction of sp³-hybridized carbons (Fsp3) is 0.0556. The molecular formula is C18H18N6O. The first-order valence-corrected chi connectivity index (χ1v) is 7.67. The zero-order valence-corrected chi connectivity index (χ0v) is 13.6. The van der Waals surface area contributed by atoms with E-state index in [0.29, 0.717) is 17.0 Å². The van der Waals surface area contributed by atoms with Crippen molar-refractivity contribution in [2.24, 2.45) is 10.8 Å². The number of para-hydroxylation sites is 1. The molecule has 0 bridgehead atoms. The van der Waals surface area contributed by atoms with E-state index < -0.39 is 0 Å². The number of nitrogens with one attached hydrogen (secondary N) is 4. The van der Waals surface area contributed by atoms with Gasteiger partial charge in [0.15, 0.2) is 0 Å². The number of hydrogen-bond acceptors (Lipinski definition) is 3. The van der Waals surface area contributed by atoms with Crippen LogP contribution in [0.1, 0.15) is 22.8 Å². The first kappa shape index (κ1) is 16.3. The van der Waals surface area contributed by atoms with Crippen molar-refractivity contribution in [2.45, 2.75) is 6.92 Å². The Balaban J connectivity index is 1.74. The molecule has 1 amide bonds. The largest absolute Gasteiger partial charge is 0.369 e. The lowest BCUT2D eigenvalue weighted by Crippen LogP contribution is -2.26. The summed E-state index contributed by atoms with van der Waals surface area (Å²) in [5.41, 5.74) is 11.4. The van der Waals surface area contributed by atoms with Gasteiger partial charge in [0.1, 0.15) is 0 Å². The molecule has 0 aliphatic rings. The van der Waals surface area contributed by atoms with E-state index in [2.05, 4.69) is 20.8 Å². The smallest absolute Gasteiger partial charge is 0.257 e. The fourth-order valence-electron chi connectivity index (χ4n) is 2.46. The molecule has 0 unspecified atom stereocenters. The Morgan fingerprint density at radius 1 is 1.16 bits per heavy atom. The van der Waals surface area contributed by atoms with Crippen LogP contribution in [-0.4, -0.2) is 22.6 Å². The Morgan fingerprint density at radius 3 is 2.60 bits per heavy atom. The molecule has 2 aromatic carbocycles. The van der Waals surface area contributed by atoms with Gasteiger partial charge in [0.05, 0.1) is 11.3 Å². The summed E-state index contributed by atoms with van der Waals surface area (Å²) < 4.78 is 0. The molecule has 7 heteroatoms. The van der Waals surface area contributed by atoms with Crippen LogP contribution in [0.2, 0.25) is 0 Å². The zero-order valence-electron chi connectivity index (χ0n) is 13.6. The van der Waals surface area contributed by atoms with Crippen molar-refractivity contribution in [3.63, 3.8) is 0 Å². The number of nitrogens with two attached hydrogens (primary N) is 1. The summed E-state index contributed by atoms with van der Waals surface area (Å²) in [5, 5.41) is 14.8. The molecule has 0 aliphatic heterocycles. The molecule has 3 aromatic rings. The molecule has 1 aromatic heterocycles.